The second kappa shape index (κ2) is 7.63. The molecule has 1 amide bonds. The van der Waals surface area contributed by atoms with Crippen LogP contribution in [0, 0.1) is 5.82 Å². The second-order valence-corrected chi connectivity index (χ2v) is 7.98. The summed E-state index contributed by atoms with van der Waals surface area (Å²) in [4.78, 5) is 12.5. The highest BCUT2D eigenvalue weighted by Gasteiger charge is 2.31. The number of rotatable bonds is 6. The Balaban J connectivity index is 1.84. The van der Waals surface area contributed by atoms with Crippen LogP contribution in [0.3, 0.4) is 0 Å². The minimum Gasteiger partial charge on any atom is -0.496 e. The number of hydrogen-bond acceptors (Lipinski definition) is 5. The number of benzene rings is 2. The van der Waals surface area contributed by atoms with Crippen LogP contribution in [0.1, 0.15) is 23.2 Å². The third-order valence-corrected chi connectivity index (χ3v) is 5.78. The highest BCUT2D eigenvalue weighted by molar-refractivity contribution is 7.89. The van der Waals surface area contributed by atoms with Crippen molar-refractivity contribution in [3.8, 4) is 5.75 Å². The number of carbonyl (C=O) groups is 1. The Kier molecular flexibility index (Phi) is 5.45. The predicted molar refractivity (Wildman–Crippen MR) is 96.7 cm³/mol. The molecule has 27 heavy (non-hydrogen) atoms. The molecule has 1 aliphatic rings. The van der Waals surface area contributed by atoms with Crippen molar-refractivity contribution in [2.24, 2.45) is 0 Å². The number of halogens is 1. The van der Waals surface area contributed by atoms with Crippen molar-refractivity contribution in [3.05, 3.63) is 53.8 Å². The van der Waals surface area contributed by atoms with Crippen LogP contribution in [-0.4, -0.2) is 38.7 Å². The van der Waals surface area contributed by atoms with Crippen molar-refractivity contribution in [3.63, 3.8) is 0 Å². The lowest BCUT2D eigenvalue weighted by Crippen LogP contribution is -2.46. The normalized spacial score (nSPS) is 19.2. The number of ether oxygens (including phenoxy) is 1. The second-order valence-electron chi connectivity index (χ2n) is 6.27. The molecule has 0 aromatic heterocycles. The summed E-state index contributed by atoms with van der Waals surface area (Å²) in [5, 5.41) is 11.9. The van der Waals surface area contributed by atoms with Crippen molar-refractivity contribution in [1.82, 2.24) is 4.72 Å². The van der Waals surface area contributed by atoms with E-state index in [9.17, 15) is 22.7 Å². The van der Waals surface area contributed by atoms with Crippen molar-refractivity contribution in [2.75, 3.05) is 12.4 Å². The fourth-order valence-corrected chi connectivity index (χ4v) is 4.02. The molecule has 2 aromatic carbocycles. The minimum absolute atomic E-state index is 0.0262. The summed E-state index contributed by atoms with van der Waals surface area (Å²) < 4.78 is 45.6. The number of hydrogen-bond donors (Lipinski definition) is 3. The summed E-state index contributed by atoms with van der Waals surface area (Å²) in [5.41, 5.74) is 0.386. The number of carbonyl (C=O) groups excluding carboxylic acids is 1. The fourth-order valence-electron chi connectivity index (χ4n) is 2.73. The standard InChI is InChI=1S/C18H19FN2O5S/c1-26-17-7-6-15(27(24,25)21-13-8-14(22)9-13)10-16(17)18(23)20-12-4-2-11(19)3-5-12/h2-7,10,13-14,21-22H,8-9H2,1H3,(H,20,23)/t13-,14+. The van der Waals surface area contributed by atoms with Gasteiger partial charge in [0.15, 0.2) is 0 Å². The zero-order chi connectivity index (χ0) is 19.6. The van der Waals surface area contributed by atoms with Crippen LogP contribution in [0.2, 0.25) is 0 Å². The highest BCUT2D eigenvalue weighted by Crippen LogP contribution is 2.26. The number of nitrogens with one attached hydrogen (secondary N) is 2. The van der Waals surface area contributed by atoms with E-state index in [1.165, 1.54) is 49.6 Å². The quantitative estimate of drug-likeness (QED) is 0.694. The zero-order valence-corrected chi connectivity index (χ0v) is 15.3. The summed E-state index contributed by atoms with van der Waals surface area (Å²) in [5.74, 6) is -0.826. The van der Waals surface area contributed by atoms with Crippen LogP contribution in [0.25, 0.3) is 0 Å². The van der Waals surface area contributed by atoms with Crippen LogP contribution in [0.15, 0.2) is 47.4 Å². The van der Waals surface area contributed by atoms with Gasteiger partial charge in [-0.3, -0.25) is 4.79 Å². The minimum atomic E-state index is -3.85. The Morgan fingerprint density at radius 1 is 1.19 bits per heavy atom. The van der Waals surface area contributed by atoms with Crippen molar-refractivity contribution < 1.29 is 27.4 Å². The fraction of sp³-hybridized carbons (Fsp3) is 0.278. The first-order valence-corrected chi connectivity index (χ1v) is 9.72. The number of aliphatic hydroxyl groups is 1. The summed E-state index contributed by atoms with van der Waals surface area (Å²) in [7, 11) is -2.48. The average molecular weight is 394 g/mol. The first-order chi connectivity index (χ1) is 12.8. The van der Waals surface area contributed by atoms with Crippen molar-refractivity contribution >= 4 is 21.6 Å². The van der Waals surface area contributed by atoms with Crippen LogP contribution < -0.4 is 14.8 Å². The first-order valence-electron chi connectivity index (χ1n) is 8.24. The third kappa shape index (κ3) is 4.44. The number of methoxy groups -OCH3 is 1. The van der Waals surface area contributed by atoms with Gasteiger partial charge in [-0.05, 0) is 55.3 Å². The number of sulfonamides is 1. The molecule has 0 radical (unpaired) electrons. The molecule has 2 aromatic rings. The molecule has 0 unspecified atom stereocenters. The number of anilines is 1. The Labute approximate surface area is 156 Å². The molecule has 0 saturated heterocycles. The molecule has 0 atom stereocenters. The summed E-state index contributed by atoms with van der Waals surface area (Å²) in [6.45, 7) is 0. The largest absolute Gasteiger partial charge is 0.496 e. The van der Waals surface area contributed by atoms with E-state index in [2.05, 4.69) is 10.0 Å². The van der Waals surface area contributed by atoms with Crippen LogP contribution in [0.4, 0.5) is 10.1 Å². The van der Waals surface area contributed by atoms with Gasteiger partial charge in [0.2, 0.25) is 10.0 Å². The van der Waals surface area contributed by atoms with E-state index in [1.54, 1.807) is 0 Å². The maximum Gasteiger partial charge on any atom is 0.259 e. The van der Waals surface area contributed by atoms with Gasteiger partial charge in [-0.1, -0.05) is 0 Å². The van der Waals surface area contributed by atoms with Crippen LogP contribution >= 0.6 is 0 Å². The lowest BCUT2D eigenvalue weighted by atomic mass is 9.91. The molecule has 0 aliphatic heterocycles. The van der Waals surface area contributed by atoms with Gasteiger partial charge in [-0.2, -0.15) is 0 Å². The van der Waals surface area contributed by atoms with Gasteiger partial charge in [-0.25, -0.2) is 17.5 Å². The van der Waals surface area contributed by atoms with Crippen molar-refractivity contribution in [2.45, 2.75) is 29.9 Å². The topological polar surface area (TPSA) is 105 Å². The zero-order valence-electron chi connectivity index (χ0n) is 14.5. The molecule has 9 heteroatoms. The van der Waals surface area contributed by atoms with E-state index in [0.29, 0.717) is 18.5 Å². The van der Waals surface area contributed by atoms with E-state index in [4.69, 9.17) is 4.74 Å². The summed E-state index contributed by atoms with van der Waals surface area (Å²) in [6, 6.07) is 8.80. The predicted octanol–water partition coefficient (Wildman–Crippen LogP) is 1.89. The number of amides is 1. The van der Waals surface area contributed by atoms with E-state index in [0.717, 1.165) is 0 Å². The van der Waals surface area contributed by atoms with Gasteiger partial charge in [-0.15, -0.1) is 0 Å². The molecule has 1 aliphatic carbocycles. The van der Waals surface area contributed by atoms with Gasteiger partial charge < -0.3 is 15.2 Å². The molecule has 0 heterocycles. The molecule has 1 saturated carbocycles. The molecular weight excluding hydrogens is 375 g/mol. The van der Waals surface area contributed by atoms with Gasteiger partial charge in [0.05, 0.1) is 23.7 Å². The molecular formula is C18H19FN2O5S. The van der Waals surface area contributed by atoms with Crippen molar-refractivity contribution in [1.29, 1.82) is 0 Å². The Morgan fingerprint density at radius 3 is 2.44 bits per heavy atom. The molecule has 0 bridgehead atoms. The Bertz CT molecular complexity index is 941. The average Bonchev–Trinajstić information content (AvgIpc) is 2.61. The molecule has 0 spiro atoms. The molecule has 144 valence electrons. The Hall–Kier alpha value is -2.49. The monoisotopic (exact) mass is 394 g/mol. The van der Waals surface area contributed by atoms with E-state index >= 15 is 0 Å². The Morgan fingerprint density at radius 2 is 1.85 bits per heavy atom. The van der Waals surface area contributed by atoms with Crippen LogP contribution in [0.5, 0.6) is 5.75 Å². The van der Waals surface area contributed by atoms with Crippen LogP contribution in [-0.2, 0) is 10.0 Å². The maximum absolute atomic E-state index is 13.0. The molecule has 7 nitrogen and oxygen atoms in total. The van der Waals surface area contributed by atoms with Gasteiger partial charge >= 0.3 is 0 Å². The van der Waals surface area contributed by atoms with Gasteiger partial charge in [0.1, 0.15) is 11.6 Å². The SMILES string of the molecule is COc1ccc(S(=O)(=O)N[C@H]2C[C@@H](O)C2)cc1C(=O)Nc1ccc(F)cc1. The number of aliphatic hydroxyl groups excluding tert-OH is 1. The molecule has 1 fully saturated rings. The van der Waals surface area contributed by atoms with E-state index in [1.807, 2.05) is 0 Å². The van der Waals surface area contributed by atoms with Gasteiger partial charge in [0, 0.05) is 11.7 Å². The summed E-state index contributed by atoms with van der Waals surface area (Å²) >= 11 is 0. The lowest BCUT2D eigenvalue weighted by molar-refractivity contribution is 0.0712. The van der Waals surface area contributed by atoms with Gasteiger partial charge in [0.25, 0.3) is 5.91 Å². The highest BCUT2D eigenvalue weighted by atomic mass is 32.2. The summed E-state index contributed by atoms with van der Waals surface area (Å²) in [6.07, 6.45) is 0.214. The maximum atomic E-state index is 13.0. The smallest absolute Gasteiger partial charge is 0.259 e. The lowest BCUT2D eigenvalue weighted by Gasteiger charge is -2.31. The van der Waals surface area contributed by atoms with E-state index in [-0.39, 0.29) is 22.3 Å². The molecule has 3 rings (SSSR count). The van der Waals surface area contributed by atoms with E-state index < -0.39 is 27.9 Å². The third-order valence-electron chi connectivity index (χ3n) is 4.26. The first kappa shape index (κ1) is 19.3. The molecule has 3 N–H and O–H groups in total.